The van der Waals surface area contributed by atoms with Crippen molar-refractivity contribution in [1.29, 1.82) is 0 Å². The number of carbonyl (C=O) groups excluding carboxylic acids is 1. The Kier molecular flexibility index (Phi) is 5.24. The first kappa shape index (κ1) is 18.0. The molecule has 0 atom stereocenters. The normalized spacial score (nSPS) is 11.0. The molecular weight excluding hydrogens is 348 g/mol. The van der Waals surface area contributed by atoms with Crippen molar-refractivity contribution in [1.82, 2.24) is 14.8 Å². The number of fused-ring (bicyclic) bond motifs is 1. The van der Waals surface area contributed by atoms with Crippen LogP contribution >= 0.6 is 0 Å². The van der Waals surface area contributed by atoms with Crippen molar-refractivity contribution < 1.29 is 4.79 Å². The van der Waals surface area contributed by atoms with Gasteiger partial charge in [-0.1, -0.05) is 48.5 Å². The first-order valence-corrected chi connectivity index (χ1v) is 9.62. The van der Waals surface area contributed by atoms with Crippen molar-refractivity contribution >= 4 is 22.6 Å². The molecule has 0 saturated heterocycles. The van der Waals surface area contributed by atoms with Gasteiger partial charge in [-0.3, -0.25) is 9.48 Å². The van der Waals surface area contributed by atoms with Gasteiger partial charge < -0.3 is 10.3 Å². The summed E-state index contributed by atoms with van der Waals surface area (Å²) >= 11 is 0. The van der Waals surface area contributed by atoms with Crippen LogP contribution in [0.1, 0.15) is 29.7 Å². The summed E-state index contributed by atoms with van der Waals surface area (Å²) in [4.78, 5) is 15.6. The van der Waals surface area contributed by atoms with Gasteiger partial charge in [0, 0.05) is 35.3 Å². The van der Waals surface area contributed by atoms with Crippen LogP contribution in [0.2, 0.25) is 0 Å². The summed E-state index contributed by atoms with van der Waals surface area (Å²) in [6, 6.07) is 20.4. The summed E-state index contributed by atoms with van der Waals surface area (Å²) in [6.07, 6.45) is 4.19. The number of carbonyl (C=O) groups is 1. The molecule has 142 valence electrons. The Morgan fingerprint density at radius 2 is 1.89 bits per heavy atom. The van der Waals surface area contributed by atoms with E-state index in [4.69, 9.17) is 0 Å². The first-order valence-electron chi connectivity index (χ1n) is 9.62. The molecule has 28 heavy (non-hydrogen) atoms. The number of aromatic amines is 1. The lowest BCUT2D eigenvalue weighted by molar-refractivity contribution is -0.116. The minimum Gasteiger partial charge on any atom is -0.361 e. The van der Waals surface area contributed by atoms with Crippen molar-refractivity contribution in [3.05, 3.63) is 83.7 Å². The van der Waals surface area contributed by atoms with E-state index in [9.17, 15) is 4.79 Å². The summed E-state index contributed by atoms with van der Waals surface area (Å²) in [7, 11) is 0. The van der Waals surface area contributed by atoms with E-state index in [-0.39, 0.29) is 5.91 Å². The smallest absolute Gasteiger partial charge is 0.225 e. The van der Waals surface area contributed by atoms with Crippen LogP contribution in [0, 0.1) is 6.92 Å². The van der Waals surface area contributed by atoms with Crippen molar-refractivity contribution in [2.24, 2.45) is 0 Å². The van der Waals surface area contributed by atoms with Gasteiger partial charge in [0.25, 0.3) is 0 Å². The van der Waals surface area contributed by atoms with Crippen LogP contribution in [0.25, 0.3) is 10.9 Å². The van der Waals surface area contributed by atoms with Gasteiger partial charge in [0.15, 0.2) is 5.82 Å². The lowest BCUT2D eigenvalue weighted by Crippen LogP contribution is -2.12. The Balaban J connectivity index is 1.31. The molecule has 0 aliphatic heterocycles. The summed E-state index contributed by atoms with van der Waals surface area (Å²) in [5, 5.41) is 8.69. The number of aryl methyl sites for hydroxylation is 2. The molecule has 0 aliphatic carbocycles. The fraction of sp³-hybridized carbons (Fsp3) is 0.217. The maximum absolute atomic E-state index is 12.3. The van der Waals surface area contributed by atoms with Gasteiger partial charge in [0.1, 0.15) is 0 Å². The topological polar surface area (TPSA) is 62.7 Å². The quantitative estimate of drug-likeness (QED) is 0.495. The molecule has 2 aromatic heterocycles. The predicted octanol–water partition coefficient (Wildman–Crippen LogP) is 4.68. The molecule has 0 bridgehead atoms. The van der Waals surface area contributed by atoms with Crippen molar-refractivity contribution in [3.63, 3.8) is 0 Å². The van der Waals surface area contributed by atoms with Gasteiger partial charge in [-0.05, 0) is 37.0 Å². The van der Waals surface area contributed by atoms with E-state index in [2.05, 4.69) is 39.7 Å². The molecule has 5 heteroatoms. The Morgan fingerprint density at radius 3 is 2.75 bits per heavy atom. The molecule has 4 rings (SSSR count). The van der Waals surface area contributed by atoms with Gasteiger partial charge in [0.05, 0.1) is 6.54 Å². The average molecular weight is 372 g/mol. The minimum atomic E-state index is 0.00389. The van der Waals surface area contributed by atoms with Crippen molar-refractivity contribution in [2.75, 3.05) is 5.32 Å². The summed E-state index contributed by atoms with van der Waals surface area (Å²) in [5.74, 6) is 0.620. The molecule has 0 aliphatic rings. The number of para-hydroxylation sites is 1. The molecule has 5 nitrogen and oxygen atoms in total. The fourth-order valence-corrected chi connectivity index (χ4v) is 3.47. The Morgan fingerprint density at radius 1 is 1.11 bits per heavy atom. The molecule has 4 aromatic rings. The second-order valence-corrected chi connectivity index (χ2v) is 7.08. The van der Waals surface area contributed by atoms with Gasteiger partial charge >= 0.3 is 0 Å². The third-order valence-electron chi connectivity index (χ3n) is 4.95. The molecule has 0 spiro atoms. The van der Waals surface area contributed by atoms with Crippen LogP contribution in [0.3, 0.4) is 0 Å². The lowest BCUT2D eigenvalue weighted by atomic mass is 10.1. The average Bonchev–Trinajstić information content (AvgIpc) is 3.26. The fourth-order valence-electron chi connectivity index (χ4n) is 3.47. The number of nitrogens with one attached hydrogen (secondary N) is 2. The highest BCUT2D eigenvalue weighted by atomic mass is 16.1. The van der Waals surface area contributed by atoms with E-state index in [1.807, 2.05) is 54.2 Å². The van der Waals surface area contributed by atoms with Crippen LogP contribution in [0.4, 0.5) is 5.82 Å². The highest BCUT2D eigenvalue weighted by molar-refractivity contribution is 5.89. The largest absolute Gasteiger partial charge is 0.361 e. The Bertz CT molecular complexity index is 1080. The molecule has 2 heterocycles. The number of hydrogen-bond acceptors (Lipinski definition) is 2. The standard InChI is InChI=1S/C23H24N4O/c1-17-14-22(26-27(17)16-18-8-3-2-4-9-18)25-23(28)13-7-10-19-15-24-21-12-6-5-11-20(19)21/h2-6,8-9,11-12,14-15,24H,7,10,13,16H2,1H3,(H,25,26,28). The number of nitrogens with zero attached hydrogens (tertiary/aromatic N) is 2. The number of H-pyrrole nitrogens is 1. The van der Waals surface area contributed by atoms with Gasteiger partial charge in [-0.2, -0.15) is 5.10 Å². The third kappa shape index (κ3) is 4.14. The van der Waals surface area contributed by atoms with E-state index in [1.54, 1.807) is 0 Å². The number of anilines is 1. The predicted molar refractivity (Wildman–Crippen MR) is 112 cm³/mol. The monoisotopic (exact) mass is 372 g/mol. The molecule has 0 saturated carbocycles. The van der Waals surface area contributed by atoms with E-state index in [1.165, 1.54) is 16.5 Å². The minimum absolute atomic E-state index is 0.00389. The number of aromatic nitrogens is 3. The molecular formula is C23H24N4O. The van der Waals surface area contributed by atoms with Crippen LogP contribution < -0.4 is 5.32 Å². The lowest BCUT2D eigenvalue weighted by Gasteiger charge is -2.04. The van der Waals surface area contributed by atoms with E-state index >= 15 is 0 Å². The van der Waals surface area contributed by atoms with Gasteiger partial charge in [-0.25, -0.2) is 0 Å². The number of hydrogen-bond donors (Lipinski definition) is 2. The highest BCUT2D eigenvalue weighted by Gasteiger charge is 2.09. The molecule has 2 aromatic carbocycles. The van der Waals surface area contributed by atoms with Crippen molar-refractivity contribution in [3.8, 4) is 0 Å². The zero-order valence-corrected chi connectivity index (χ0v) is 16.0. The van der Waals surface area contributed by atoms with Gasteiger partial charge in [0.2, 0.25) is 5.91 Å². The van der Waals surface area contributed by atoms with Crippen LogP contribution in [-0.2, 0) is 17.8 Å². The second-order valence-electron chi connectivity index (χ2n) is 7.08. The van der Waals surface area contributed by atoms with Crippen LogP contribution in [0.15, 0.2) is 66.9 Å². The van der Waals surface area contributed by atoms with Crippen LogP contribution in [0.5, 0.6) is 0 Å². The van der Waals surface area contributed by atoms with Gasteiger partial charge in [-0.15, -0.1) is 0 Å². The Hall–Kier alpha value is -3.34. The zero-order chi connectivity index (χ0) is 19.3. The van der Waals surface area contributed by atoms with E-state index < -0.39 is 0 Å². The van der Waals surface area contributed by atoms with Crippen LogP contribution in [-0.4, -0.2) is 20.7 Å². The first-order chi connectivity index (χ1) is 13.7. The summed E-state index contributed by atoms with van der Waals surface area (Å²) in [5.41, 5.74) is 4.61. The molecule has 1 amide bonds. The van der Waals surface area contributed by atoms with E-state index in [0.717, 1.165) is 24.1 Å². The Labute approximate surface area is 164 Å². The zero-order valence-electron chi connectivity index (χ0n) is 16.0. The molecule has 0 radical (unpaired) electrons. The summed E-state index contributed by atoms with van der Waals surface area (Å²) in [6.45, 7) is 2.70. The van der Waals surface area contributed by atoms with E-state index in [0.29, 0.717) is 18.8 Å². The maximum atomic E-state index is 12.3. The maximum Gasteiger partial charge on any atom is 0.225 e. The number of amides is 1. The SMILES string of the molecule is Cc1cc(NC(=O)CCCc2c[nH]c3ccccc23)nn1Cc1ccccc1. The number of rotatable bonds is 7. The second kappa shape index (κ2) is 8.13. The molecule has 0 fully saturated rings. The highest BCUT2D eigenvalue weighted by Crippen LogP contribution is 2.19. The summed E-state index contributed by atoms with van der Waals surface area (Å²) < 4.78 is 1.91. The third-order valence-corrected chi connectivity index (χ3v) is 4.95. The number of benzene rings is 2. The molecule has 0 unspecified atom stereocenters. The molecule has 2 N–H and O–H groups in total. The van der Waals surface area contributed by atoms with Crippen molar-refractivity contribution in [2.45, 2.75) is 32.7 Å².